The third kappa shape index (κ3) is 7.31. The zero-order valence-electron chi connectivity index (χ0n) is 22.7. The van der Waals surface area contributed by atoms with Crippen molar-refractivity contribution in [2.75, 3.05) is 13.2 Å². The number of para-hydroxylation sites is 2. The van der Waals surface area contributed by atoms with Crippen LogP contribution in [0, 0.1) is 6.92 Å². The molecule has 0 radical (unpaired) electrons. The molecule has 0 saturated heterocycles. The molecule has 6 heteroatoms. The summed E-state index contributed by atoms with van der Waals surface area (Å²) in [5.41, 5.74) is 3.85. The number of rotatable bonds is 11. The van der Waals surface area contributed by atoms with Crippen LogP contribution in [0.4, 0.5) is 0 Å². The third-order valence-corrected chi connectivity index (χ3v) is 8.85. The molecule has 0 aliphatic rings. The molecule has 186 valence electrons. The standard InChI is InChI=1S/C28H44N2O2Si2/c1-22-14-10-13-17-27(22)31-21-24(32-34(7,8)9)19-29-28(2,3)18-23-20-30(33(4,5)6)26-16-12-11-15-25(23)26/h10-17,20,24,29H,18-19,21H2,1-9H3. The maximum absolute atomic E-state index is 6.52. The highest BCUT2D eigenvalue weighted by atomic mass is 28.4. The summed E-state index contributed by atoms with van der Waals surface area (Å²) >= 11 is 0. The van der Waals surface area contributed by atoms with Gasteiger partial charge in [-0.3, -0.25) is 0 Å². The molecule has 0 fully saturated rings. The predicted molar refractivity (Wildman–Crippen MR) is 151 cm³/mol. The minimum Gasteiger partial charge on any atom is -0.491 e. The van der Waals surface area contributed by atoms with Crippen molar-refractivity contribution in [3.8, 4) is 5.75 Å². The summed E-state index contributed by atoms with van der Waals surface area (Å²) in [6.07, 6.45) is 3.37. The van der Waals surface area contributed by atoms with Crippen molar-refractivity contribution in [1.82, 2.24) is 9.55 Å². The summed E-state index contributed by atoms with van der Waals surface area (Å²) in [6, 6.07) is 17.0. The van der Waals surface area contributed by atoms with Crippen molar-refractivity contribution in [2.45, 2.75) is 78.1 Å². The van der Waals surface area contributed by atoms with Gasteiger partial charge in [-0.15, -0.1) is 0 Å². The molecule has 0 aliphatic carbocycles. The molecule has 0 spiro atoms. The predicted octanol–water partition coefficient (Wildman–Crippen LogP) is 6.84. The summed E-state index contributed by atoms with van der Waals surface area (Å²) in [5.74, 6) is 0.935. The highest BCUT2D eigenvalue weighted by molar-refractivity contribution is 6.75. The average molecular weight is 497 g/mol. The smallest absolute Gasteiger partial charge is 0.184 e. The maximum atomic E-state index is 6.52. The summed E-state index contributed by atoms with van der Waals surface area (Å²) in [4.78, 5) is 0. The van der Waals surface area contributed by atoms with Gasteiger partial charge in [0.15, 0.2) is 16.6 Å². The molecule has 0 bridgehead atoms. The first-order valence-corrected chi connectivity index (χ1v) is 19.3. The molecule has 0 amide bonds. The van der Waals surface area contributed by atoms with E-state index in [2.05, 4.69) is 106 Å². The van der Waals surface area contributed by atoms with Gasteiger partial charge in [-0.25, -0.2) is 0 Å². The monoisotopic (exact) mass is 496 g/mol. The number of benzene rings is 2. The number of hydrogen-bond donors (Lipinski definition) is 1. The van der Waals surface area contributed by atoms with Gasteiger partial charge in [-0.2, -0.15) is 0 Å². The van der Waals surface area contributed by atoms with E-state index in [-0.39, 0.29) is 11.6 Å². The molecule has 34 heavy (non-hydrogen) atoms. The molecule has 1 heterocycles. The number of hydrogen-bond acceptors (Lipinski definition) is 3. The first-order valence-electron chi connectivity index (χ1n) is 12.5. The van der Waals surface area contributed by atoms with Crippen LogP contribution < -0.4 is 10.1 Å². The van der Waals surface area contributed by atoms with E-state index in [1.807, 2.05) is 18.2 Å². The van der Waals surface area contributed by atoms with E-state index in [0.29, 0.717) is 6.61 Å². The van der Waals surface area contributed by atoms with Gasteiger partial charge in [-0.1, -0.05) is 56.0 Å². The van der Waals surface area contributed by atoms with Gasteiger partial charge in [0.1, 0.15) is 12.4 Å². The molecular formula is C28H44N2O2Si2. The number of nitrogens with zero attached hydrogens (tertiary/aromatic N) is 1. The van der Waals surface area contributed by atoms with Crippen molar-refractivity contribution in [1.29, 1.82) is 0 Å². The lowest BCUT2D eigenvalue weighted by Crippen LogP contribution is -2.49. The van der Waals surface area contributed by atoms with Gasteiger partial charge in [0.25, 0.3) is 0 Å². The van der Waals surface area contributed by atoms with E-state index in [9.17, 15) is 0 Å². The zero-order chi connectivity index (χ0) is 25.1. The van der Waals surface area contributed by atoms with Crippen molar-refractivity contribution in [3.05, 3.63) is 65.9 Å². The second-order valence-electron chi connectivity index (χ2n) is 12.1. The third-order valence-electron chi connectivity index (χ3n) is 6.00. The van der Waals surface area contributed by atoms with Crippen LogP contribution in [0.5, 0.6) is 5.75 Å². The minimum absolute atomic E-state index is 0.00822. The number of aryl methyl sites for hydroxylation is 1. The normalized spacial score (nSPS) is 13.9. The largest absolute Gasteiger partial charge is 0.491 e. The lowest BCUT2D eigenvalue weighted by atomic mass is 9.94. The minimum atomic E-state index is -1.72. The highest BCUT2D eigenvalue weighted by Crippen LogP contribution is 2.28. The van der Waals surface area contributed by atoms with Crippen LogP contribution in [0.1, 0.15) is 25.0 Å². The Bertz CT molecular complexity index is 1090. The Hall–Kier alpha value is -1.87. The second-order valence-corrected chi connectivity index (χ2v) is 21.4. The van der Waals surface area contributed by atoms with Gasteiger partial charge in [0.05, 0.1) is 6.10 Å². The number of ether oxygens (including phenoxy) is 1. The lowest BCUT2D eigenvalue weighted by Gasteiger charge is -2.32. The number of nitrogens with one attached hydrogen (secondary N) is 1. The van der Waals surface area contributed by atoms with Gasteiger partial charge in [0.2, 0.25) is 0 Å². The fourth-order valence-corrected chi connectivity index (χ4v) is 7.02. The fraction of sp³-hybridized carbons (Fsp3) is 0.500. The van der Waals surface area contributed by atoms with Crippen molar-refractivity contribution < 1.29 is 9.16 Å². The van der Waals surface area contributed by atoms with E-state index in [1.165, 1.54) is 16.5 Å². The average Bonchev–Trinajstić information content (AvgIpc) is 3.09. The molecular weight excluding hydrogens is 452 g/mol. The summed E-state index contributed by atoms with van der Waals surface area (Å²) in [5, 5.41) is 5.19. The van der Waals surface area contributed by atoms with Crippen LogP contribution in [0.3, 0.4) is 0 Å². The Morgan fingerprint density at radius 3 is 2.24 bits per heavy atom. The van der Waals surface area contributed by atoms with Gasteiger partial charge in [-0.05, 0) is 76.3 Å². The Kier molecular flexibility index (Phi) is 8.18. The Morgan fingerprint density at radius 1 is 0.941 bits per heavy atom. The molecule has 3 rings (SSSR count). The summed E-state index contributed by atoms with van der Waals surface area (Å²) < 4.78 is 15.2. The Labute approximate surface area is 208 Å². The van der Waals surface area contributed by atoms with Crippen LogP contribution in [0.25, 0.3) is 10.9 Å². The van der Waals surface area contributed by atoms with E-state index >= 15 is 0 Å². The second kappa shape index (κ2) is 10.4. The fourth-order valence-electron chi connectivity index (χ4n) is 4.41. The van der Waals surface area contributed by atoms with Crippen LogP contribution in [0.2, 0.25) is 39.3 Å². The van der Waals surface area contributed by atoms with E-state index in [1.54, 1.807) is 0 Å². The van der Waals surface area contributed by atoms with E-state index in [0.717, 1.165) is 24.3 Å². The zero-order valence-corrected chi connectivity index (χ0v) is 24.7. The highest BCUT2D eigenvalue weighted by Gasteiger charge is 2.27. The molecule has 1 aromatic heterocycles. The first-order chi connectivity index (χ1) is 15.8. The molecule has 0 aliphatic heterocycles. The lowest BCUT2D eigenvalue weighted by molar-refractivity contribution is 0.113. The van der Waals surface area contributed by atoms with E-state index in [4.69, 9.17) is 9.16 Å². The maximum Gasteiger partial charge on any atom is 0.184 e. The van der Waals surface area contributed by atoms with E-state index < -0.39 is 16.6 Å². The van der Waals surface area contributed by atoms with Crippen LogP contribution in [0.15, 0.2) is 54.7 Å². The molecule has 1 unspecified atom stereocenters. The van der Waals surface area contributed by atoms with Gasteiger partial charge in [0, 0.05) is 23.0 Å². The molecule has 1 N–H and O–H groups in total. The van der Waals surface area contributed by atoms with Crippen molar-refractivity contribution in [2.24, 2.45) is 0 Å². The molecule has 0 saturated carbocycles. The summed E-state index contributed by atoms with van der Waals surface area (Å²) in [6.45, 7) is 21.9. The molecule has 4 nitrogen and oxygen atoms in total. The van der Waals surface area contributed by atoms with Crippen LogP contribution in [-0.2, 0) is 10.8 Å². The van der Waals surface area contributed by atoms with Crippen molar-refractivity contribution in [3.63, 3.8) is 0 Å². The first kappa shape index (κ1) is 26.7. The van der Waals surface area contributed by atoms with Crippen LogP contribution in [-0.4, -0.2) is 45.6 Å². The summed E-state index contributed by atoms with van der Waals surface area (Å²) in [7, 11) is -3.21. The molecule has 1 atom stereocenters. The van der Waals surface area contributed by atoms with Gasteiger partial charge < -0.3 is 18.7 Å². The quantitative estimate of drug-likeness (QED) is 0.295. The SMILES string of the molecule is Cc1ccccc1OCC(CNC(C)(C)Cc1cn([Si](C)(C)C)c2ccccc12)O[Si](C)(C)C. The van der Waals surface area contributed by atoms with Gasteiger partial charge >= 0.3 is 0 Å². The Morgan fingerprint density at radius 2 is 1.59 bits per heavy atom. The Balaban J connectivity index is 1.73. The topological polar surface area (TPSA) is 35.4 Å². The number of aromatic nitrogens is 1. The number of fused-ring (bicyclic) bond motifs is 1. The van der Waals surface area contributed by atoms with Crippen molar-refractivity contribution >= 4 is 27.5 Å². The molecule has 2 aromatic carbocycles. The molecule has 3 aromatic rings. The van der Waals surface area contributed by atoms with Crippen LogP contribution >= 0.6 is 0 Å².